The summed E-state index contributed by atoms with van der Waals surface area (Å²) in [6, 6.07) is 10.0. The van der Waals surface area contributed by atoms with Crippen LogP contribution in [0.1, 0.15) is 30.2 Å². The van der Waals surface area contributed by atoms with Crippen LogP contribution in [0.25, 0.3) is 0 Å². The number of hydrogen-bond donors (Lipinski definition) is 1. The zero-order valence-corrected chi connectivity index (χ0v) is 12.0. The van der Waals surface area contributed by atoms with Gasteiger partial charge in [-0.3, -0.25) is 4.98 Å². The summed E-state index contributed by atoms with van der Waals surface area (Å²) in [5, 5.41) is 10.3. The second-order valence-electron chi connectivity index (χ2n) is 4.15. The summed E-state index contributed by atoms with van der Waals surface area (Å²) >= 11 is 2.03. The Morgan fingerprint density at radius 2 is 2.06 bits per heavy atom. The smallest absolute Gasteiger partial charge is 0.124 e. The summed E-state index contributed by atoms with van der Waals surface area (Å²) in [6.45, 7) is 1.91. The van der Waals surface area contributed by atoms with E-state index >= 15 is 0 Å². The van der Waals surface area contributed by atoms with Crippen LogP contribution in [0.5, 0.6) is 0 Å². The molecule has 0 aliphatic heterocycles. The molecule has 0 fully saturated rings. The van der Waals surface area contributed by atoms with Crippen molar-refractivity contribution in [2.45, 2.75) is 18.9 Å². The molecule has 2 nitrogen and oxygen atoms in total. The lowest BCUT2D eigenvalue weighted by molar-refractivity contribution is 0.149. The van der Waals surface area contributed by atoms with Gasteiger partial charge in [-0.25, -0.2) is 4.39 Å². The van der Waals surface area contributed by atoms with Gasteiger partial charge in [0.25, 0.3) is 0 Å². The fourth-order valence-electron chi connectivity index (χ4n) is 1.82. The Bertz CT molecular complexity index is 533. The monoisotopic (exact) mass is 357 g/mol. The van der Waals surface area contributed by atoms with Crippen molar-refractivity contribution >= 4 is 22.6 Å². The number of benzene rings is 1. The summed E-state index contributed by atoms with van der Waals surface area (Å²) in [4.78, 5) is 4.24. The van der Waals surface area contributed by atoms with E-state index in [9.17, 15) is 9.50 Å². The molecule has 1 N–H and O–H groups in total. The number of pyridine rings is 1. The van der Waals surface area contributed by atoms with Gasteiger partial charge in [0.1, 0.15) is 5.82 Å². The Balaban J connectivity index is 2.28. The van der Waals surface area contributed by atoms with Crippen LogP contribution >= 0.6 is 22.6 Å². The van der Waals surface area contributed by atoms with Crippen LogP contribution < -0.4 is 0 Å². The van der Waals surface area contributed by atoms with Crippen LogP contribution in [-0.2, 0) is 0 Å². The number of hydrogen-bond acceptors (Lipinski definition) is 2. The SMILES string of the molecule is CC(c1ccccn1)C(O)c1ccc(F)cc1I. The van der Waals surface area contributed by atoms with E-state index in [0.717, 1.165) is 14.8 Å². The molecule has 0 saturated heterocycles. The first-order chi connectivity index (χ1) is 8.59. The Morgan fingerprint density at radius 3 is 2.67 bits per heavy atom. The van der Waals surface area contributed by atoms with Gasteiger partial charge in [-0.15, -0.1) is 0 Å². The Hall–Kier alpha value is -1.01. The Morgan fingerprint density at radius 1 is 1.28 bits per heavy atom. The number of aliphatic hydroxyl groups excluding tert-OH is 1. The molecule has 1 aromatic heterocycles. The Labute approximate surface area is 119 Å². The third-order valence-electron chi connectivity index (χ3n) is 2.91. The van der Waals surface area contributed by atoms with Crippen molar-refractivity contribution in [1.82, 2.24) is 4.98 Å². The predicted molar refractivity (Wildman–Crippen MR) is 76.7 cm³/mol. The molecule has 1 heterocycles. The lowest BCUT2D eigenvalue weighted by Crippen LogP contribution is -2.10. The maximum Gasteiger partial charge on any atom is 0.124 e. The number of nitrogens with zero attached hydrogens (tertiary/aromatic N) is 1. The lowest BCUT2D eigenvalue weighted by Gasteiger charge is -2.20. The molecule has 2 atom stereocenters. The first-order valence-electron chi connectivity index (χ1n) is 5.63. The third-order valence-corrected chi connectivity index (χ3v) is 3.84. The number of aromatic nitrogens is 1. The molecule has 2 aromatic rings. The zero-order valence-electron chi connectivity index (χ0n) is 9.85. The van der Waals surface area contributed by atoms with Gasteiger partial charge >= 0.3 is 0 Å². The average molecular weight is 357 g/mol. The summed E-state index contributed by atoms with van der Waals surface area (Å²) < 4.78 is 13.8. The highest BCUT2D eigenvalue weighted by Gasteiger charge is 2.21. The highest BCUT2D eigenvalue weighted by atomic mass is 127. The van der Waals surface area contributed by atoms with E-state index in [4.69, 9.17) is 0 Å². The topological polar surface area (TPSA) is 33.1 Å². The first kappa shape index (κ1) is 13.4. The van der Waals surface area contributed by atoms with Crippen molar-refractivity contribution in [3.05, 3.63) is 63.2 Å². The van der Waals surface area contributed by atoms with Crippen molar-refractivity contribution in [2.24, 2.45) is 0 Å². The summed E-state index contributed by atoms with van der Waals surface area (Å²) in [5.74, 6) is -0.425. The van der Waals surface area contributed by atoms with Gasteiger partial charge in [0.15, 0.2) is 0 Å². The lowest BCUT2D eigenvalue weighted by atomic mass is 9.94. The van der Waals surface area contributed by atoms with E-state index in [1.807, 2.05) is 47.7 Å². The van der Waals surface area contributed by atoms with E-state index in [-0.39, 0.29) is 11.7 Å². The van der Waals surface area contributed by atoms with E-state index in [1.54, 1.807) is 12.3 Å². The van der Waals surface area contributed by atoms with Gasteiger partial charge < -0.3 is 5.11 Å². The van der Waals surface area contributed by atoms with Crippen LogP contribution in [0, 0.1) is 9.39 Å². The molecular formula is C14H13FINO. The van der Waals surface area contributed by atoms with Gasteiger partial charge in [-0.1, -0.05) is 19.1 Å². The largest absolute Gasteiger partial charge is 0.388 e. The summed E-state index contributed by atoms with van der Waals surface area (Å²) in [6.07, 6.45) is 1.01. The second kappa shape index (κ2) is 5.75. The fourth-order valence-corrected chi connectivity index (χ4v) is 2.61. The van der Waals surface area contributed by atoms with Crippen molar-refractivity contribution < 1.29 is 9.50 Å². The molecule has 0 saturated carbocycles. The van der Waals surface area contributed by atoms with Crippen LogP contribution in [0.15, 0.2) is 42.6 Å². The summed E-state index contributed by atoms with van der Waals surface area (Å²) in [7, 11) is 0. The first-order valence-corrected chi connectivity index (χ1v) is 6.71. The molecule has 0 radical (unpaired) electrons. The minimum absolute atomic E-state index is 0.134. The maximum absolute atomic E-state index is 13.0. The number of rotatable bonds is 3. The molecule has 4 heteroatoms. The zero-order chi connectivity index (χ0) is 13.1. The molecule has 0 aliphatic carbocycles. The minimum atomic E-state index is -0.688. The van der Waals surface area contributed by atoms with Crippen LogP contribution in [0.3, 0.4) is 0 Å². The standard InChI is InChI=1S/C14H13FINO/c1-9(13-4-2-3-7-17-13)14(18)11-6-5-10(15)8-12(11)16/h2-9,14,18H,1H3. The highest BCUT2D eigenvalue weighted by molar-refractivity contribution is 14.1. The Kier molecular flexibility index (Phi) is 4.29. The number of halogens is 2. The van der Waals surface area contributed by atoms with Gasteiger partial charge in [0, 0.05) is 21.4 Å². The predicted octanol–water partition coefficient (Wildman–Crippen LogP) is 3.66. The van der Waals surface area contributed by atoms with E-state index in [2.05, 4.69) is 4.98 Å². The second-order valence-corrected chi connectivity index (χ2v) is 5.32. The average Bonchev–Trinajstić information content (AvgIpc) is 2.38. The molecule has 0 spiro atoms. The fraction of sp³-hybridized carbons (Fsp3) is 0.214. The van der Waals surface area contributed by atoms with E-state index in [0.29, 0.717) is 0 Å². The molecule has 1 aromatic carbocycles. The van der Waals surface area contributed by atoms with Crippen molar-refractivity contribution in [2.75, 3.05) is 0 Å². The molecule has 0 aliphatic rings. The molecular weight excluding hydrogens is 344 g/mol. The quantitative estimate of drug-likeness (QED) is 0.851. The highest BCUT2D eigenvalue weighted by Crippen LogP contribution is 2.32. The van der Waals surface area contributed by atoms with Crippen LogP contribution in [0.4, 0.5) is 4.39 Å². The van der Waals surface area contributed by atoms with Crippen molar-refractivity contribution in [1.29, 1.82) is 0 Å². The minimum Gasteiger partial charge on any atom is -0.388 e. The van der Waals surface area contributed by atoms with Crippen molar-refractivity contribution in [3.63, 3.8) is 0 Å². The van der Waals surface area contributed by atoms with Gasteiger partial charge in [-0.2, -0.15) is 0 Å². The molecule has 2 rings (SSSR count). The van der Waals surface area contributed by atoms with Gasteiger partial charge in [0.2, 0.25) is 0 Å². The molecule has 18 heavy (non-hydrogen) atoms. The maximum atomic E-state index is 13.0. The van der Waals surface area contributed by atoms with Gasteiger partial charge in [0.05, 0.1) is 6.10 Å². The molecule has 0 amide bonds. The van der Waals surface area contributed by atoms with E-state index < -0.39 is 6.10 Å². The normalized spacial score (nSPS) is 14.2. The molecule has 0 bridgehead atoms. The summed E-state index contributed by atoms with van der Waals surface area (Å²) in [5.41, 5.74) is 1.56. The van der Waals surface area contributed by atoms with Crippen molar-refractivity contribution in [3.8, 4) is 0 Å². The third kappa shape index (κ3) is 2.87. The molecule has 2 unspecified atom stereocenters. The van der Waals surface area contributed by atoms with Gasteiger partial charge in [-0.05, 0) is 52.4 Å². The van der Waals surface area contributed by atoms with Crippen LogP contribution in [0.2, 0.25) is 0 Å². The molecule has 94 valence electrons. The van der Waals surface area contributed by atoms with Crippen LogP contribution in [-0.4, -0.2) is 10.1 Å². The number of aliphatic hydroxyl groups is 1. The van der Waals surface area contributed by atoms with E-state index in [1.165, 1.54) is 12.1 Å².